The van der Waals surface area contributed by atoms with E-state index in [1.54, 1.807) is 4.80 Å². The molecule has 2 N–H and O–H groups in total. The molecule has 1 aromatic heterocycles. The lowest BCUT2D eigenvalue weighted by atomic mass is 9.91. The van der Waals surface area contributed by atoms with Crippen LogP contribution in [0, 0.1) is 11.3 Å². The lowest BCUT2D eigenvalue weighted by Crippen LogP contribution is -2.36. The number of aromatic nitrogens is 3. The highest BCUT2D eigenvalue weighted by Gasteiger charge is 2.24. The van der Waals surface area contributed by atoms with Crippen molar-refractivity contribution >= 4 is 0 Å². The highest BCUT2D eigenvalue weighted by atomic mass is 15.5. The van der Waals surface area contributed by atoms with Gasteiger partial charge in [0.05, 0.1) is 12.2 Å². The Hall–Kier alpha value is -1.41. The molecule has 14 heavy (non-hydrogen) atoms. The van der Waals surface area contributed by atoms with E-state index < -0.39 is 0 Å². The van der Waals surface area contributed by atoms with Crippen molar-refractivity contribution in [1.82, 2.24) is 15.0 Å². The molecule has 2 atom stereocenters. The lowest BCUT2D eigenvalue weighted by molar-refractivity contribution is 0.263. The van der Waals surface area contributed by atoms with Gasteiger partial charge in [0.15, 0.2) is 5.69 Å². The molecule has 2 unspecified atom stereocenters. The Labute approximate surface area is 82.5 Å². The minimum atomic E-state index is 0.127. The topological polar surface area (TPSA) is 80.5 Å². The Morgan fingerprint density at radius 3 is 2.93 bits per heavy atom. The quantitative estimate of drug-likeness (QED) is 0.704. The Balaban J connectivity index is 2.17. The van der Waals surface area contributed by atoms with Crippen LogP contribution in [0.2, 0.25) is 0 Å². The first kappa shape index (κ1) is 9.16. The molecule has 0 bridgehead atoms. The van der Waals surface area contributed by atoms with Crippen molar-refractivity contribution in [3.05, 3.63) is 11.9 Å². The van der Waals surface area contributed by atoms with Gasteiger partial charge in [0, 0.05) is 6.04 Å². The van der Waals surface area contributed by atoms with Gasteiger partial charge in [-0.05, 0) is 12.8 Å². The molecule has 0 radical (unpaired) electrons. The van der Waals surface area contributed by atoms with Crippen molar-refractivity contribution in [1.29, 1.82) is 5.26 Å². The zero-order chi connectivity index (χ0) is 9.97. The summed E-state index contributed by atoms with van der Waals surface area (Å²) in [7, 11) is 0. The molecular weight excluding hydrogens is 178 g/mol. The number of rotatable bonds is 1. The number of nitrogens with two attached hydrogens (primary N) is 1. The van der Waals surface area contributed by atoms with Gasteiger partial charge in [0.1, 0.15) is 6.07 Å². The fraction of sp³-hybridized carbons (Fsp3) is 0.667. The standard InChI is InChI=1S/C9H13N5/c10-5-7-6-12-14(13-7)9-4-2-1-3-8(9)11/h6,8-9H,1-4,11H2. The van der Waals surface area contributed by atoms with Crippen molar-refractivity contribution in [3.8, 4) is 6.07 Å². The molecule has 1 aliphatic rings. The summed E-state index contributed by atoms with van der Waals surface area (Å²) in [5.41, 5.74) is 6.34. The van der Waals surface area contributed by atoms with Gasteiger partial charge in [-0.2, -0.15) is 15.2 Å². The van der Waals surface area contributed by atoms with E-state index in [9.17, 15) is 0 Å². The van der Waals surface area contributed by atoms with Gasteiger partial charge in [-0.15, -0.1) is 5.10 Å². The predicted molar refractivity (Wildman–Crippen MR) is 50.2 cm³/mol. The third-order valence-corrected chi connectivity index (χ3v) is 2.70. The van der Waals surface area contributed by atoms with Crippen LogP contribution in [0.15, 0.2) is 6.20 Å². The smallest absolute Gasteiger partial charge is 0.182 e. The molecule has 1 heterocycles. The maximum Gasteiger partial charge on any atom is 0.182 e. The number of nitrogens with zero attached hydrogens (tertiary/aromatic N) is 4. The minimum Gasteiger partial charge on any atom is -0.326 e. The van der Waals surface area contributed by atoms with Crippen molar-refractivity contribution < 1.29 is 0 Å². The van der Waals surface area contributed by atoms with Crippen molar-refractivity contribution in [2.24, 2.45) is 5.73 Å². The zero-order valence-electron chi connectivity index (χ0n) is 7.93. The summed E-state index contributed by atoms with van der Waals surface area (Å²) in [5, 5.41) is 16.7. The Kier molecular flexibility index (Phi) is 2.46. The normalized spacial score (nSPS) is 27.1. The van der Waals surface area contributed by atoms with E-state index in [0.717, 1.165) is 12.8 Å². The first-order chi connectivity index (χ1) is 6.81. The van der Waals surface area contributed by atoms with E-state index >= 15 is 0 Å². The Morgan fingerprint density at radius 1 is 1.50 bits per heavy atom. The molecule has 0 amide bonds. The maximum absolute atomic E-state index is 8.62. The highest BCUT2D eigenvalue weighted by Crippen LogP contribution is 2.25. The van der Waals surface area contributed by atoms with Gasteiger partial charge in [-0.1, -0.05) is 12.8 Å². The summed E-state index contributed by atoms with van der Waals surface area (Å²) in [5.74, 6) is 0. The largest absolute Gasteiger partial charge is 0.326 e. The van der Waals surface area contributed by atoms with Crippen molar-refractivity contribution in [2.45, 2.75) is 37.8 Å². The monoisotopic (exact) mass is 191 g/mol. The summed E-state index contributed by atoms with van der Waals surface area (Å²) < 4.78 is 0. The molecule has 74 valence electrons. The van der Waals surface area contributed by atoms with Gasteiger partial charge in [-0.25, -0.2) is 0 Å². The van der Waals surface area contributed by atoms with Crippen LogP contribution in [0.25, 0.3) is 0 Å². The molecule has 2 rings (SSSR count). The molecule has 0 spiro atoms. The Morgan fingerprint density at radius 2 is 2.29 bits per heavy atom. The molecule has 0 aromatic carbocycles. The van der Waals surface area contributed by atoms with Crippen molar-refractivity contribution in [2.75, 3.05) is 0 Å². The lowest BCUT2D eigenvalue weighted by Gasteiger charge is -2.27. The molecule has 0 aliphatic heterocycles. The highest BCUT2D eigenvalue weighted by molar-refractivity contribution is 5.12. The van der Waals surface area contributed by atoms with Gasteiger partial charge >= 0.3 is 0 Å². The van der Waals surface area contributed by atoms with Gasteiger partial charge in [0.25, 0.3) is 0 Å². The van der Waals surface area contributed by atoms with Gasteiger partial charge < -0.3 is 5.73 Å². The fourth-order valence-corrected chi connectivity index (χ4v) is 1.91. The summed E-state index contributed by atoms with van der Waals surface area (Å²) in [6.07, 6.45) is 5.88. The number of nitriles is 1. The number of hydrogen-bond acceptors (Lipinski definition) is 4. The van der Waals surface area contributed by atoms with E-state index in [2.05, 4.69) is 10.2 Å². The molecule has 1 saturated carbocycles. The van der Waals surface area contributed by atoms with E-state index in [-0.39, 0.29) is 12.1 Å². The van der Waals surface area contributed by atoms with Gasteiger partial charge in [0.2, 0.25) is 0 Å². The van der Waals surface area contributed by atoms with E-state index in [4.69, 9.17) is 11.0 Å². The molecule has 0 saturated heterocycles. The third kappa shape index (κ3) is 1.61. The first-order valence-corrected chi connectivity index (χ1v) is 4.89. The molecular formula is C9H13N5. The zero-order valence-corrected chi connectivity index (χ0v) is 7.93. The average Bonchev–Trinajstić information content (AvgIpc) is 2.67. The van der Waals surface area contributed by atoms with E-state index in [1.165, 1.54) is 19.0 Å². The minimum absolute atomic E-state index is 0.127. The molecule has 1 fully saturated rings. The summed E-state index contributed by atoms with van der Waals surface area (Å²) >= 11 is 0. The van der Waals surface area contributed by atoms with Crippen LogP contribution >= 0.6 is 0 Å². The van der Waals surface area contributed by atoms with Crippen LogP contribution in [0.1, 0.15) is 37.4 Å². The van der Waals surface area contributed by atoms with E-state index in [0.29, 0.717) is 5.69 Å². The predicted octanol–water partition coefficient (Wildman–Crippen LogP) is 0.592. The third-order valence-electron chi connectivity index (χ3n) is 2.70. The maximum atomic E-state index is 8.62. The fourth-order valence-electron chi connectivity index (χ4n) is 1.91. The van der Waals surface area contributed by atoms with Crippen LogP contribution in [-0.2, 0) is 0 Å². The second-order valence-corrected chi connectivity index (χ2v) is 3.68. The van der Waals surface area contributed by atoms with Crippen LogP contribution in [0.5, 0.6) is 0 Å². The molecule has 5 heteroatoms. The summed E-state index contributed by atoms with van der Waals surface area (Å²) in [6, 6.07) is 2.27. The molecule has 1 aliphatic carbocycles. The summed E-state index contributed by atoms with van der Waals surface area (Å²) in [4.78, 5) is 1.60. The Bertz CT molecular complexity index is 350. The molecule has 1 aromatic rings. The second kappa shape index (κ2) is 3.76. The van der Waals surface area contributed by atoms with Crippen LogP contribution in [0.3, 0.4) is 0 Å². The van der Waals surface area contributed by atoms with Gasteiger partial charge in [-0.3, -0.25) is 0 Å². The van der Waals surface area contributed by atoms with Crippen LogP contribution < -0.4 is 5.73 Å². The van der Waals surface area contributed by atoms with Crippen LogP contribution in [0.4, 0.5) is 0 Å². The van der Waals surface area contributed by atoms with E-state index in [1.807, 2.05) is 6.07 Å². The number of hydrogen-bond donors (Lipinski definition) is 1. The van der Waals surface area contributed by atoms with Crippen molar-refractivity contribution in [3.63, 3.8) is 0 Å². The second-order valence-electron chi connectivity index (χ2n) is 3.68. The SMILES string of the molecule is N#Cc1cnn(C2CCCCC2N)n1. The first-order valence-electron chi connectivity index (χ1n) is 4.89. The summed E-state index contributed by atoms with van der Waals surface area (Å²) in [6.45, 7) is 0. The molecule has 5 nitrogen and oxygen atoms in total. The van der Waals surface area contributed by atoms with Crippen LogP contribution in [-0.4, -0.2) is 21.0 Å². The average molecular weight is 191 g/mol.